The number of benzene rings is 1. The third kappa shape index (κ3) is 2.81. The van der Waals surface area contributed by atoms with E-state index in [1.165, 1.54) is 5.56 Å². The minimum absolute atomic E-state index is 0.0755. The highest BCUT2D eigenvalue weighted by atomic mass is 16.1. The highest BCUT2D eigenvalue weighted by Crippen LogP contribution is 2.08. The molecule has 1 N–H and O–H groups in total. The van der Waals surface area contributed by atoms with E-state index in [1.807, 2.05) is 44.2 Å². The third-order valence-corrected chi connectivity index (χ3v) is 2.65. The standard InChI is InChI=1S/C14H16N2O/c1-10(2)13-14(17)16-12(9-15-13)8-11-6-4-3-5-7-11/h3-7,9-10H,8H2,1-2H3,(H,16,17). The second-order valence-corrected chi connectivity index (χ2v) is 4.44. The summed E-state index contributed by atoms with van der Waals surface area (Å²) in [5.74, 6) is 0.157. The molecule has 1 aromatic carbocycles. The largest absolute Gasteiger partial charge is 0.323 e. The molecule has 0 aliphatic rings. The molecule has 0 aliphatic carbocycles. The molecule has 0 fully saturated rings. The summed E-state index contributed by atoms with van der Waals surface area (Å²) in [6, 6.07) is 10.0. The van der Waals surface area contributed by atoms with Gasteiger partial charge in [0.05, 0.1) is 0 Å². The van der Waals surface area contributed by atoms with Crippen LogP contribution >= 0.6 is 0 Å². The first-order chi connectivity index (χ1) is 8.16. The van der Waals surface area contributed by atoms with Gasteiger partial charge in [0.15, 0.2) is 0 Å². The smallest absolute Gasteiger partial charge is 0.270 e. The molecule has 3 heteroatoms. The fourth-order valence-electron chi connectivity index (χ4n) is 1.77. The van der Waals surface area contributed by atoms with Crippen LogP contribution in [0.2, 0.25) is 0 Å². The van der Waals surface area contributed by atoms with Crippen LogP contribution in [0.15, 0.2) is 41.3 Å². The number of H-pyrrole nitrogens is 1. The van der Waals surface area contributed by atoms with Crippen LogP contribution in [0.3, 0.4) is 0 Å². The van der Waals surface area contributed by atoms with Crippen molar-refractivity contribution in [3.8, 4) is 0 Å². The van der Waals surface area contributed by atoms with Crippen LogP contribution in [-0.4, -0.2) is 9.97 Å². The van der Waals surface area contributed by atoms with Crippen molar-refractivity contribution in [1.29, 1.82) is 0 Å². The summed E-state index contributed by atoms with van der Waals surface area (Å²) in [5, 5.41) is 0. The number of nitrogens with one attached hydrogen (secondary N) is 1. The Kier molecular flexibility index (Phi) is 3.38. The van der Waals surface area contributed by atoms with Crippen LogP contribution < -0.4 is 5.56 Å². The topological polar surface area (TPSA) is 45.8 Å². The molecule has 17 heavy (non-hydrogen) atoms. The lowest BCUT2D eigenvalue weighted by atomic mass is 10.1. The molecule has 0 spiro atoms. The lowest BCUT2D eigenvalue weighted by Crippen LogP contribution is -2.18. The molecule has 88 valence electrons. The van der Waals surface area contributed by atoms with Gasteiger partial charge < -0.3 is 4.98 Å². The summed E-state index contributed by atoms with van der Waals surface area (Å²) in [7, 11) is 0. The van der Waals surface area contributed by atoms with Crippen molar-refractivity contribution in [2.75, 3.05) is 0 Å². The average Bonchev–Trinajstić information content (AvgIpc) is 2.30. The molecular weight excluding hydrogens is 212 g/mol. The predicted octanol–water partition coefficient (Wildman–Crippen LogP) is 2.48. The quantitative estimate of drug-likeness (QED) is 0.877. The second-order valence-electron chi connectivity index (χ2n) is 4.44. The monoisotopic (exact) mass is 228 g/mol. The lowest BCUT2D eigenvalue weighted by Gasteiger charge is -2.05. The number of aromatic amines is 1. The Morgan fingerprint density at radius 1 is 1.24 bits per heavy atom. The van der Waals surface area contributed by atoms with E-state index in [0.29, 0.717) is 12.1 Å². The van der Waals surface area contributed by atoms with Gasteiger partial charge in [-0.15, -0.1) is 0 Å². The van der Waals surface area contributed by atoms with Crippen molar-refractivity contribution in [2.45, 2.75) is 26.2 Å². The Morgan fingerprint density at radius 2 is 1.94 bits per heavy atom. The fourth-order valence-corrected chi connectivity index (χ4v) is 1.77. The van der Waals surface area contributed by atoms with Gasteiger partial charge in [0.1, 0.15) is 5.69 Å². The van der Waals surface area contributed by atoms with E-state index >= 15 is 0 Å². The number of hydrogen-bond donors (Lipinski definition) is 1. The highest BCUT2D eigenvalue weighted by Gasteiger charge is 2.07. The van der Waals surface area contributed by atoms with E-state index in [9.17, 15) is 4.79 Å². The maximum atomic E-state index is 11.8. The van der Waals surface area contributed by atoms with Gasteiger partial charge in [-0.3, -0.25) is 9.78 Å². The molecule has 2 rings (SSSR count). The van der Waals surface area contributed by atoms with Gasteiger partial charge in [0.25, 0.3) is 5.56 Å². The first kappa shape index (κ1) is 11.6. The lowest BCUT2D eigenvalue weighted by molar-refractivity contribution is 0.785. The highest BCUT2D eigenvalue weighted by molar-refractivity contribution is 5.20. The molecule has 1 heterocycles. The van der Waals surface area contributed by atoms with E-state index < -0.39 is 0 Å². The Balaban J connectivity index is 2.24. The molecular formula is C14H16N2O. The normalized spacial score (nSPS) is 10.8. The maximum Gasteiger partial charge on any atom is 0.270 e. The molecule has 0 saturated carbocycles. The summed E-state index contributed by atoms with van der Waals surface area (Å²) >= 11 is 0. The predicted molar refractivity (Wildman–Crippen MR) is 68.2 cm³/mol. The van der Waals surface area contributed by atoms with Crippen LogP contribution in [0.1, 0.15) is 36.7 Å². The van der Waals surface area contributed by atoms with Crippen LogP contribution in [0.4, 0.5) is 0 Å². The molecule has 0 aliphatic heterocycles. The molecule has 0 unspecified atom stereocenters. The average molecular weight is 228 g/mol. The minimum atomic E-state index is -0.0755. The van der Waals surface area contributed by atoms with Gasteiger partial charge in [-0.05, 0) is 5.56 Å². The van der Waals surface area contributed by atoms with E-state index in [-0.39, 0.29) is 11.5 Å². The Morgan fingerprint density at radius 3 is 2.53 bits per heavy atom. The molecule has 0 saturated heterocycles. The van der Waals surface area contributed by atoms with E-state index in [4.69, 9.17) is 0 Å². The molecule has 0 radical (unpaired) electrons. The van der Waals surface area contributed by atoms with Crippen molar-refractivity contribution in [3.05, 3.63) is 63.8 Å². The number of aromatic nitrogens is 2. The van der Waals surface area contributed by atoms with Crippen molar-refractivity contribution in [2.24, 2.45) is 0 Å². The summed E-state index contributed by atoms with van der Waals surface area (Å²) < 4.78 is 0. The maximum absolute atomic E-state index is 11.8. The minimum Gasteiger partial charge on any atom is -0.323 e. The zero-order valence-corrected chi connectivity index (χ0v) is 10.1. The van der Waals surface area contributed by atoms with Crippen molar-refractivity contribution >= 4 is 0 Å². The van der Waals surface area contributed by atoms with E-state index in [2.05, 4.69) is 9.97 Å². The Hall–Kier alpha value is -1.90. The van der Waals surface area contributed by atoms with Gasteiger partial charge >= 0.3 is 0 Å². The fraction of sp³-hybridized carbons (Fsp3) is 0.286. The molecule has 0 bridgehead atoms. The molecule has 0 atom stereocenters. The van der Waals surface area contributed by atoms with Crippen molar-refractivity contribution in [3.63, 3.8) is 0 Å². The SMILES string of the molecule is CC(C)c1ncc(Cc2ccccc2)[nH]c1=O. The third-order valence-electron chi connectivity index (χ3n) is 2.65. The second kappa shape index (κ2) is 4.95. The van der Waals surface area contributed by atoms with Crippen LogP contribution in [0.25, 0.3) is 0 Å². The molecule has 1 aromatic heterocycles. The molecule has 0 amide bonds. The Labute approximate surface area is 101 Å². The van der Waals surface area contributed by atoms with Gasteiger partial charge in [-0.1, -0.05) is 44.2 Å². The van der Waals surface area contributed by atoms with Crippen LogP contribution in [0, 0.1) is 0 Å². The number of nitrogens with zero attached hydrogens (tertiary/aromatic N) is 1. The first-order valence-electron chi connectivity index (χ1n) is 5.79. The van der Waals surface area contributed by atoms with E-state index in [0.717, 1.165) is 5.69 Å². The van der Waals surface area contributed by atoms with Crippen LogP contribution in [-0.2, 0) is 6.42 Å². The zero-order valence-electron chi connectivity index (χ0n) is 10.1. The number of hydrogen-bond acceptors (Lipinski definition) is 2. The van der Waals surface area contributed by atoms with Crippen molar-refractivity contribution in [1.82, 2.24) is 9.97 Å². The Bertz CT molecular complexity index is 544. The van der Waals surface area contributed by atoms with Crippen LogP contribution in [0.5, 0.6) is 0 Å². The summed E-state index contributed by atoms with van der Waals surface area (Å²) in [6.07, 6.45) is 2.46. The van der Waals surface area contributed by atoms with Crippen molar-refractivity contribution < 1.29 is 0 Å². The van der Waals surface area contributed by atoms with Gasteiger partial charge in [0.2, 0.25) is 0 Å². The van der Waals surface area contributed by atoms with E-state index in [1.54, 1.807) is 6.20 Å². The van der Waals surface area contributed by atoms with Gasteiger partial charge in [-0.25, -0.2) is 0 Å². The summed E-state index contributed by atoms with van der Waals surface area (Å²) in [4.78, 5) is 18.9. The molecule has 2 aromatic rings. The van der Waals surface area contributed by atoms with Gasteiger partial charge in [-0.2, -0.15) is 0 Å². The van der Waals surface area contributed by atoms with Gasteiger partial charge in [0, 0.05) is 24.2 Å². The number of rotatable bonds is 3. The summed E-state index contributed by atoms with van der Waals surface area (Å²) in [5.41, 5.74) is 2.54. The zero-order chi connectivity index (χ0) is 12.3. The summed E-state index contributed by atoms with van der Waals surface area (Å²) in [6.45, 7) is 3.93. The first-order valence-corrected chi connectivity index (χ1v) is 5.79. The molecule has 3 nitrogen and oxygen atoms in total.